The molecule has 9 heteroatoms. The van der Waals surface area contributed by atoms with E-state index < -0.39 is 26.5 Å². The van der Waals surface area contributed by atoms with Crippen molar-refractivity contribution in [2.24, 2.45) is 0 Å². The molecular formula is C8H10Cl6O2Si. The van der Waals surface area contributed by atoms with Crippen molar-refractivity contribution in [2.75, 3.05) is 0 Å². The summed E-state index contributed by atoms with van der Waals surface area (Å²) in [4.78, 5) is 24.2. The highest BCUT2D eigenvalue weighted by atomic mass is 35.6. The van der Waals surface area contributed by atoms with Crippen molar-refractivity contribution < 1.29 is 9.59 Å². The average molecular weight is 379 g/mol. The van der Waals surface area contributed by atoms with Gasteiger partial charge in [0.25, 0.3) is 0 Å². The van der Waals surface area contributed by atoms with Crippen LogP contribution in [0, 0.1) is 0 Å². The van der Waals surface area contributed by atoms with E-state index in [1.165, 1.54) is 0 Å². The first-order chi connectivity index (χ1) is 7.43. The third-order valence-electron chi connectivity index (χ3n) is 2.59. The van der Waals surface area contributed by atoms with Crippen molar-refractivity contribution in [3.05, 3.63) is 0 Å². The third-order valence-corrected chi connectivity index (χ3v) is 9.47. The minimum Gasteiger partial charge on any atom is -0.300 e. The maximum Gasteiger partial charge on any atom is 0.244 e. The smallest absolute Gasteiger partial charge is 0.244 e. The van der Waals surface area contributed by atoms with Crippen LogP contribution in [-0.2, 0) is 9.59 Å². The molecule has 0 aliphatic carbocycles. The maximum atomic E-state index is 12.1. The van der Waals surface area contributed by atoms with Gasteiger partial charge in [-0.05, 0) is 12.1 Å². The SMILES string of the molecule is CC[Si](CC)(C(=O)C(Cl)(Cl)Cl)C(=O)C(Cl)(Cl)Cl. The summed E-state index contributed by atoms with van der Waals surface area (Å²) in [7, 11) is -3.29. The molecule has 0 aromatic carbocycles. The van der Waals surface area contributed by atoms with Crippen LogP contribution in [0.15, 0.2) is 0 Å². The second-order valence-corrected chi connectivity index (χ2v) is 12.5. The predicted octanol–water partition coefficient (Wildman–Crippen LogP) is 4.43. The Bertz CT molecular complexity index is 287. The van der Waals surface area contributed by atoms with E-state index in [0.717, 1.165) is 0 Å². The van der Waals surface area contributed by atoms with Crippen LogP contribution in [0.4, 0.5) is 0 Å². The first kappa shape index (κ1) is 18.3. The predicted molar refractivity (Wildman–Crippen MR) is 77.3 cm³/mol. The van der Waals surface area contributed by atoms with Gasteiger partial charge in [0.2, 0.25) is 15.7 Å². The first-order valence-corrected chi connectivity index (χ1v) is 9.35. The third kappa shape index (κ3) is 4.13. The van der Waals surface area contributed by atoms with Gasteiger partial charge in [0.15, 0.2) is 10.8 Å². The molecule has 0 rings (SSSR count). The summed E-state index contributed by atoms with van der Waals surface area (Å²) in [6.45, 7) is 3.30. The Labute approximate surface area is 131 Å². The molecule has 0 unspecified atom stereocenters. The fourth-order valence-corrected chi connectivity index (χ4v) is 7.87. The summed E-state index contributed by atoms with van der Waals surface area (Å²) in [5, 5.41) is -1.48. The first-order valence-electron chi connectivity index (χ1n) is 4.66. The summed E-state index contributed by atoms with van der Waals surface area (Å²) >= 11 is 33.3. The van der Waals surface area contributed by atoms with Gasteiger partial charge in [-0.1, -0.05) is 83.5 Å². The standard InChI is InChI=1S/C8H10Cl6O2Si/c1-3-17(4-2,5(15)7(9,10)11)6(16)8(12,13)14/h3-4H2,1-2H3. The molecule has 0 aromatic rings. The molecule has 0 N–H and O–H groups in total. The maximum absolute atomic E-state index is 12.1. The van der Waals surface area contributed by atoms with Crippen molar-refractivity contribution in [3.63, 3.8) is 0 Å². The topological polar surface area (TPSA) is 34.1 Å². The van der Waals surface area contributed by atoms with Crippen LogP contribution in [0.25, 0.3) is 0 Å². The molecule has 0 atom stereocenters. The van der Waals surface area contributed by atoms with E-state index in [1.807, 2.05) is 0 Å². The lowest BCUT2D eigenvalue weighted by atomic mass is 10.8. The van der Waals surface area contributed by atoms with Gasteiger partial charge in [-0.25, -0.2) is 0 Å². The van der Waals surface area contributed by atoms with Gasteiger partial charge < -0.3 is 9.59 Å². The van der Waals surface area contributed by atoms with Crippen molar-refractivity contribution in [3.8, 4) is 0 Å². The van der Waals surface area contributed by atoms with Crippen LogP contribution < -0.4 is 0 Å². The molecular weight excluding hydrogens is 369 g/mol. The molecule has 100 valence electrons. The molecule has 0 bridgehead atoms. The second-order valence-electron chi connectivity index (χ2n) is 3.44. The van der Waals surface area contributed by atoms with Crippen molar-refractivity contribution in [1.29, 1.82) is 0 Å². The Morgan fingerprint density at radius 2 is 1.06 bits per heavy atom. The van der Waals surface area contributed by atoms with E-state index in [9.17, 15) is 9.59 Å². The number of hydrogen-bond acceptors (Lipinski definition) is 2. The number of rotatable bonds is 4. The molecule has 0 heterocycles. The molecule has 0 fully saturated rings. The molecule has 0 aliphatic heterocycles. The fourth-order valence-electron chi connectivity index (χ4n) is 1.54. The van der Waals surface area contributed by atoms with E-state index in [-0.39, 0.29) is 12.1 Å². The molecule has 0 radical (unpaired) electrons. The monoisotopic (exact) mass is 376 g/mol. The zero-order chi connectivity index (χ0) is 14.1. The molecule has 0 aliphatic rings. The quantitative estimate of drug-likeness (QED) is 0.535. The Morgan fingerprint density at radius 1 is 0.824 bits per heavy atom. The zero-order valence-electron chi connectivity index (χ0n) is 9.00. The number of carbonyl (C=O) groups excluding carboxylic acids is 2. The molecule has 0 spiro atoms. The fraction of sp³-hybridized carbons (Fsp3) is 0.750. The lowest BCUT2D eigenvalue weighted by molar-refractivity contribution is -0.115. The molecule has 0 amide bonds. The number of alkyl halides is 6. The Kier molecular flexibility index (Phi) is 6.64. The molecule has 17 heavy (non-hydrogen) atoms. The number of hydrogen-bond donors (Lipinski definition) is 0. The van der Waals surface area contributed by atoms with Crippen molar-refractivity contribution in [1.82, 2.24) is 0 Å². The second kappa shape index (κ2) is 6.17. The van der Waals surface area contributed by atoms with Gasteiger partial charge >= 0.3 is 0 Å². The lowest BCUT2D eigenvalue weighted by Gasteiger charge is -2.31. The Morgan fingerprint density at radius 3 is 1.18 bits per heavy atom. The molecule has 0 saturated carbocycles. The normalized spacial score (nSPS) is 13.6. The minimum atomic E-state index is -3.29. The summed E-state index contributed by atoms with van der Waals surface area (Å²) in [6.07, 6.45) is 0. The van der Waals surface area contributed by atoms with Crippen LogP contribution in [0.5, 0.6) is 0 Å². The van der Waals surface area contributed by atoms with E-state index >= 15 is 0 Å². The lowest BCUT2D eigenvalue weighted by Crippen LogP contribution is -2.59. The summed E-state index contributed by atoms with van der Waals surface area (Å²) in [6, 6.07) is 0.450. The highest BCUT2D eigenvalue weighted by Crippen LogP contribution is 2.40. The van der Waals surface area contributed by atoms with E-state index in [2.05, 4.69) is 0 Å². The summed E-state index contributed by atoms with van der Waals surface area (Å²) in [5.74, 6) is 0. The van der Waals surface area contributed by atoms with Crippen LogP contribution in [0.3, 0.4) is 0 Å². The van der Waals surface area contributed by atoms with Crippen molar-refractivity contribution in [2.45, 2.75) is 33.5 Å². The Hall–Kier alpha value is 1.30. The average Bonchev–Trinajstić information content (AvgIpc) is 2.17. The van der Waals surface area contributed by atoms with Crippen LogP contribution in [-0.4, -0.2) is 26.5 Å². The van der Waals surface area contributed by atoms with Crippen LogP contribution in [0.1, 0.15) is 13.8 Å². The highest BCUT2D eigenvalue weighted by molar-refractivity contribution is 7.31. The largest absolute Gasteiger partial charge is 0.300 e. The minimum absolute atomic E-state index is 0.225. The van der Waals surface area contributed by atoms with Gasteiger partial charge in [-0.3, -0.25) is 0 Å². The zero-order valence-corrected chi connectivity index (χ0v) is 14.5. The number of carbonyl (C=O) groups is 2. The molecule has 2 nitrogen and oxygen atoms in total. The van der Waals surface area contributed by atoms with Crippen LogP contribution >= 0.6 is 69.6 Å². The number of halogens is 6. The highest BCUT2D eigenvalue weighted by Gasteiger charge is 2.57. The van der Waals surface area contributed by atoms with Crippen molar-refractivity contribution >= 4 is 88.5 Å². The van der Waals surface area contributed by atoms with Gasteiger partial charge in [-0.15, -0.1) is 0 Å². The van der Waals surface area contributed by atoms with Gasteiger partial charge in [-0.2, -0.15) is 0 Å². The Balaban J connectivity index is 5.63. The van der Waals surface area contributed by atoms with Gasteiger partial charge in [0, 0.05) is 0 Å². The summed E-state index contributed by atoms with van der Waals surface area (Å²) < 4.78 is -4.33. The van der Waals surface area contributed by atoms with Gasteiger partial charge in [0.05, 0.1) is 0 Å². The summed E-state index contributed by atoms with van der Waals surface area (Å²) in [5.41, 5.74) is 0. The van der Waals surface area contributed by atoms with E-state index in [4.69, 9.17) is 69.6 Å². The van der Waals surface area contributed by atoms with Gasteiger partial charge in [0.1, 0.15) is 0 Å². The van der Waals surface area contributed by atoms with Crippen LogP contribution in [0.2, 0.25) is 12.1 Å². The molecule has 0 aromatic heterocycles. The van der Waals surface area contributed by atoms with E-state index in [1.54, 1.807) is 13.8 Å². The van der Waals surface area contributed by atoms with E-state index in [0.29, 0.717) is 0 Å². The molecule has 0 saturated heterocycles.